The maximum Gasteiger partial charge on any atom is 0.170 e. The molecule has 2 heterocycles. The average Bonchev–Trinajstić information content (AvgIpc) is 2.46. The summed E-state index contributed by atoms with van der Waals surface area (Å²) in [5.41, 5.74) is 4.27. The van der Waals surface area contributed by atoms with E-state index in [0.29, 0.717) is 0 Å². The number of aromatic nitrogens is 1. The average molecular weight is 252 g/mol. The first-order valence-electron chi connectivity index (χ1n) is 6.92. The molecule has 0 saturated heterocycles. The number of benzene rings is 1. The van der Waals surface area contributed by atoms with Crippen LogP contribution in [0.25, 0.3) is 0 Å². The van der Waals surface area contributed by atoms with Gasteiger partial charge in [-0.3, -0.25) is 0 Å². The summed E-state index contributed by atoms with van der Waals surface area (Å²) in [5, 5.41) is 0. The van der Waals surface area contributed by atoms with Gasteiger partial charge < -0.3 is 0 Å². The van der Waals surface area contributed by atoms with Gasteiger partial charge in [0.2, 0.25) is 0 Å². The summed E-state index contributed by atoms with van der Waals surface area (Å²) < 4.78 is 4.52. The number of aryl methyl sites for hydroxylation is 1. The maximum absolute atomic E-state index is 2.44. The molecule has 0 atom stereocenters. The Morgan fingerprint density at radius 3 is 2.68 bits per heavy atom. The van der Waals surface area contributed by atoms with Gasteiger partial charge in [0.25, 0.3) is 0 Å². The number of hydrogen-bond donors (Lipinski definition) is 0. The Morgan fingerprint density at radius 2 is 1.84 bits per heavy atom. The van der Waals surface area contributed by atoms with E-state index in [1.165, 1.54) is 16.7 Å². The second-order valence-electron chi connectivity index (χ2n) is 5.24. The Hall–Kier alpha value is -1.96. The lowest BCUT2D eigenvalue weighted by molar-refractivity contribution is -0.671. The Morgan fingerprint density at radius 1 is 1.05 bits per heavy atom. The molecule has 2 nitrogen and oxygen atoms in total. The highest BCUT2D eigenvalue weighted by Crippen LogP contribution is 2.11. The Bertz CT molecular complexity index is 597. The zero-order valence-corrected chi connectivity index (χ0v) is 11.4. The summed E-state index contributed by atoms with van der Waals surface area (Å²) in [6.07, 6.45) is 8.81. The van der Waals surface area contributed by atoms with Crippen LogP contribution in [-0.2, 0) is 19.9 Å². The van der Waals surface area contributed by atoms with Crippen LogP contribution in [0.1, 0.15) is 16.7 Å². The smallest absolute Gasteiger partial charge is 0.170 e. The van der Waals surface area contributed by atoms with Crippen molar-refractivity contribution in [3.05, 3.63) is 65.5 Å². The summed E-state index contributed by atoms with van der Waals surface area (Å²) >= 11 is 0. The molecular weight excluding hydrogens is 232 g/mol. The molecular formula is C17H20N2+2. The molecule has 2 aromatic rings. The molecule has 0 saturated carbocycles. The van der Waals surface area contributed by atoms with E-state index in [1.54, 1.807) is 0 Å². The summed E-state index contributed by atoms with van der Waals surface area (Å²) in [5.74, 6) is 0. The van der Waals surface area contributed by atoms with Gasteiger partial charge in [-0.1, -0.05) is 18.2 Å². The van der Waals surface area contributed by atoms with Crippen molar-refractivity contribution in [2.75, 3.05) is 13.1 Å². The maximum atomic E-state index is 2.44. The molecule has 0 radical (unpaired) electrons. The van der Waals surface area contributed by atoms with Gasteiger partial charge in [0.05, 0.1) is 0 Å². The fourth-order valence-electron chi connectivity index (χ4n) is 2.56. The summed E-state index contributed by atoms with van der Waals surface area (Å²) in [6.45, 7) is 2.24. The predicted octanol–water partition coefficient (Wildman–Crippen LogP) is 1.74. The van der Waals surface area contributed by atoms with Crippen LogP contribution in [0.15, 0.2) is 48.8 Å². The van der Waals surface area contributed by atoms with Crippen LogP contribution in [0, 0.1) is 0 Å². The van der Waals surface area contributed by atoms with Gasteiger partial charge in [0.15, 0.2) is 18.6 Å². The highest BCUT2D eigenvalue weighted by Gasteiger charge is 2.14. The van der Waals surface area contributed by atoms with Crippen LogP contribution in [0.3, 0.4) is 0 Å². The molecule has 1 aliphatic rings. The van der Waals surface area contributed by atoms with E-state index < -0.39 is 0 Å². The highest BCUT2D eigenvalue weighted by molar-refractivity contribution is 5.78. The Balaban J connectivity index is 1.68. The van der Waals surface area contributed by atoms with Crippen molar-refractivity contribution in [1.82, 2.24) is 0 Å². The van der Waals surface area contributed by atoms with E-state index in [1.807, 2.05) is 0 Å². The van der Waals surface area contributed by atoms with Gasteiger partial charge in [-0.25, -0.2) is 9.14 Å². The Labute approximate surface area is 114 Å². The molecule has 3 rings (SSSR count). The van der Waals surface area contributed by atoms with Crippen LogP contribution in [-0.4, -0.2) is 23.9 Å². The third-order valence-electron chi connectivity index (χ3n) is 3.78. The molecule has 0 N–H and O–H groups in total. The third-order valence-corrected chi connectivity index (χ3v) is 3.78. The molecule has 96 valence electrons. The van der Waals surface area contributed by atoms with Crippen molar-refractivity contribution < 1.29 is 9.14 Å². The molecule has 2 heteroatoms. The molecule has 0 spiro atoms. The van der Waals surface area contributed by atoms with Crippen LogP contribution in [0.4, 0.5) is 0 Å². The number of nitrogens with zero attached hydrogens (tertiary/aromatic N) is 2. The first kappa shape index (κ1) is 12.1. The van der Waals surface area contributed by atoms with E-state index in [2.05, 4.69) is 71.2 Å². The van der Waals surface area contributed by atoms with E-state index in [4.69, 9.17) is 0 Å². The van der Waals surface area contributed by atoms with Crippen molar-refractivity contribution >= 4 is 6.21 Å². The molecule has 0 unspecified atom stereocenters. The molecule has 1 aromatic heterocycles. The van der Waals surface area contributed by atoms with Gasteiger partial charge in [-0.05, 0) is 17.2 Å². The highest BCUT2D eigenvalue weighted by atomic mass is 15.0. The molecule has 1 aromatic carbocycles. The standard InChI is InChI=1S/C17H20N2/c1-18-10-6-15(7-11-18)8-12-19-13-9-16-4-2-3-5-17(16)14-19/h2-7,10-11,14H,8-9,12-13H2,1H3/q+2. The molecule has 0 amide bonds. The van der Waals surface area contributed by atoms with Crippen LogP contribution in [0.2, 0.25) is 0 Å². The number of fused-ring (bicyclic) bond motifs is 1. The Kier molecular flexibility index (Phi) is 3.41. The van der Waals surface area contributed by atoms with E-state index >= 15 is 0 Å². The van der Waals surface area contributed by atoms with Crippen molar-refractivity contribution in [3.63, 3.8) is 0 Å². The lowest BCUT2D eigenvalue weighted by atomic mass is 10.0. The van der Waals surface area contributed by atoms with Crippen LogP contribution < -0.4 is 4.57 Å². The van der Waals surface area contributed by atoms with E-state index in [9.17, 15) is 0 Å². The van der Waals surface area contributed by atoms with Gasteiger partial charge in [0.1, 0.15) is 20.1 Å². The minimum atomic E-state index is 1.10. The fraction of sp³-hybridized carbons (Fsp3) is 0.294. The fourth-order valence-corrected chi connectivity index (χ4v) is 2.56. The summed E-state index contributed by atoms with van der Waals surface area (Å²) in [7, 11) is 2.05. The molecule has 0 aliphatic carbocycles. The molecule has 0 bridgehead atoms. The first-order chi connectivity index (χ1) is 9.31. The van der Waals surface area contributed by atoms with Crippen molar-refractivity contribution in [2.45, 2.75) is 12.8 Å². The van der Waals surface area contributed by atoms with Gasteiger partial charge >= 0.3 is 0 Å². The van der Waals surface area contributed by atoms with Crippen molar-refractivity contribution in [1.29, 1.82) is 0 Å². The number of rotatable bonds is 3. The van der Waals surface area contributed by atoms with Crippen LogP contribution in [0.5, 0.6) is 0 Å². The van der Waals surface area contributed by atoms with Crippen molar-refractivity contribution in [3.8, 4) is 0 Å². The summed E-state index contributed by atoms with van der Waals surface area (Å²) in [4.78, 5) is 0. The first-order valence-corrected chi connectivity index (χ1v) is 6.92. The molecule has 1 aliphatic heterocycles. The second kappa shape index (κ2) is 5.35. The van der Waals surface area contributed by atoms with Gasteiger partial charge in [-0.2, -0.15) is 0 Å². The monoisotopic (exact) mass is 252 g/mol. The lowest BCUT2D eigenvalue weighted by Gasteiger charge is -2.12. The second-order valence-corrected chi connectivity index (χ2v) is 5.24. The SMILES string of the molecule is C[n+]1ccc(CC[N+]2=Cc3ccccc3CC2)cc1. The molecule has 19 heavy (non-hydrogen) atoms. The third kappa shape index (κ3) is 2.90. The predicted molar refractivity (Wildman–Crippen MR) is 76.6 cm³/mol. The number of hydrogen-bond acceptors (Lipinski definition) is 0. The lowest BCUT2D eigenvalue weighted by Crippen LogP contribution is -2.27. The minimum Gasteiger partial charge on any atom is -0.235 e. The number of pyridine rings is 1. The van der Waals surface area contributed by atoms with E-state index in [0.717, 1.165) is 25.9 Å². The zero-order chi connectivity index (χ0) is 13.1. The van der Waals surface area contributed by atoms with Gasteiger partial charge in [0, 0.05) is 30.5 Å². The summed E-state index contributed by atoms with van der Waals surface area (Å²) in [6, 6.07) is 13.1. The quantitative estimate of drug-likeness (QED) is 0.735. The van der Waals surface area contributed by atoms with Crippen LogP contribution >= 0.6 is 0 Å². The molecule has 0 fully saturated rings. The topological polar surface area (TPSA) is 6.89 Å². The largest absolute Gasteiger partial charge is 0.235 e. The normalized spacial score (nSPS) is 13.8. The minimum absolute atomic E-state index is 1.10. The van der Waals surface area contributed by atoms with E-state index in [-0.39, 0.29) is 0 Å². The zero-order valence-electron chi connectivity index (χ0n) is 11.4. The van der Waals surface area contributed by atoms with Gasteiger partial charge in [-0.15, -0.1) is 0 Å². The van der Waals surface area contributed by atoms with Crippen molar-refractivity contribution in [2.24, 2.45) is 7.05 Å².